The maximum absolute atomic E-state index is 14.4. The van der Waals surface area contributed by atoms with Crippen molar-refractivity contribution in [1.82, 2.24) is 4.90 Å². The number of likely N-dealkylation sites (tertiary alicyclic amines) is 1. The van der Waals surface area contributed by atoms with Crippen molar-refractivity contribution in [3.8, 4) is 11.5 Å². The Hall–Kier alpha value is -3.63. The number of carbonyl (C=O) groups is 1. The Labute approximate surface area is 209 Å². The number of hydrogen-bond donors (Lipinski definition) is 1. The van der Waals surface area contributed by atoms with Gasteiger partial charge >= 0.3 is 0 Å². The van der Waals surface area contributed by atoms with Gasteiger partial charge in [-0.05, 0) is 42.8 Å². The molecule has 0 aromatic heterocycles. The summed E-state index contributed by atoms with van der Waals surface area (Å²) in [6.45, 7) is 2.10. The summed E-state index contributed by atoms with van der Waals surface area (Å²) < 4.78 is 59.5. The number of nitrogens with one attached hydrogen (secondary N) is 1. The third-order valence-electron chi connectivity index (χ3n) is 5.97. The lowest BCUT2D eigenvalue weighted by Crippen LogP contribution is -2.32. The van der Waals surface area contributed by atoms with Crippen molar-refractivity contribution in [3.63, 3.8) is 0 Å². The smallest absolute Gasteiger partial charge is 0.265 e. The van der Waals surface area contributed by atoms with E-state index < -0.39 is 34.0 Å². The normalized spacial score (nSPS) is 17.6. The van der Waals surface area contributed by atoms with E-state index in [0.717, 1.165) is 0 Å². The molecule has 3 aromatic rings. The first-order chi connectivity index (χ1) is 17.2. The van der Waals surface area contributed by atoms with Gasteiger partial charge in [-0.1, -0.05) is 30.3 Å². The van der Waals surface area contributed by atoms with Crippen molar-refractivity contribution in [2.24, 2.45) is 0 Å². The van der Waals surface area contributed by atoms with Crippen LogP contribution in [-0.4, -0.2) is 58.7 Å². The van der Waals surface area contributed by atoms with Crippen molar-refractivity contribution < 1.29 is 31.8 Å². The molecule has 1 aliphatic rings. The van der Waals surface area contributed by atoms with Crippen LogP contribution in [0.25, 0.3) is 0 Å². The maximum atomic E-state index is 14.4. The zero-order valence-corrected chi connectivity index (χ0v) is 20.9. The molecule has 1 aliphatic heterocycles. The van der Waals surface area contributed by atoms with Crippen molar-refractivity contribution in [2.75, 3.05) is 32.0 Å². The van der Waals surface area contributed by atoms with E-state index in [-0.39, 0.29) is 29.3 Å². The quantitative estimate of drug-likeness (QED) is 0.491. The van der Waals surface area contributed by atoms with Crippen LogP contribution in [0, 0.1) is 12.7 Å². The van der Waals surface area contributed by atoms with Gasteiger partial charge in [-0.15, -0.1) is 0 Å². The van der Waals surface area contributed by atoms with Crippen molar-refractivity contribution in [3.05, 3.63) is 83.7 Å². The van der Waals surface area contributed by atoms with Crippen molar-refractivity contribution in [1.29, 1.82) is 0 Å². The zero-order valence-electron chi connectivity index (χ0n) is 20.1. The number of methoxy groups -OCH3 is 2. The summed E-state index contributed by atoms with van der Waals surface area (Å²) in [6.07, 6.45) is -0.984. The number of carbonyl (C=O) groups excluding carboxylic acids is 1. The fourth-order valence-electron chi connectivity index (χ4n) is 4.17. The van der Waals surface area contributed by atoms with Gasteiger partial charge in [0.2, 0.25) is 0 Å². The molecule has 8 nitrogen and oxygen atoms in total. The molecule has 1 fully saturated rings. The average molecular weight is 515 g/mol. The van der Waals surface area contributed by atoms with Gasteiger partial charge in [-0.2, -0.15) is 0 Å². The summed E-state index contributed by atoms with van der Waals surface area (Å²) in [5.41, 5.74) is 0.870. The van der Waals surface area contributed by atoms with Gasteiger partial charge in [0.1, 0.15) is 34.4 Å². The van der Waals surface area contributed by atoms with Crippen LogP contribution >= 0.6 is 0 Å². The van der Waals surface area contributed by atoms with Crippen molar-refractivity contribution in [2.45, 2.75) is 24.0 Å². The lowest BCUT2D eigenvalue weighted by molar-refractivity contribution is 0.0340. The summed E-state index contributed by atoms with van der Waals surface area (Å²) in [7, 11) is -1.00. The molecule has 0 bridgehead atoms. The highest BCUT2D eigenvalue weighted by Crippen LogP contribution is 2.28. The minimum atomic E-state index is -3.92. The highest BCUT2D eigenvalue weighted by Gasteiger charge is 2.38. The second kappa shape index (κ2) is 10.5. The number of amides is 1. The molecule has 1 heterocycles. The number of hydrogen-bond acceptors (Lipinski definition) is 6. The molecular weight excluding hydrogens is 487 g/mol. The summed E-state index contributed by atoms with van der Waals surface area (Å²) >= 11 is 0. The molecule has 1 N–H and O–H groups in total. The number of ether oxygens (including phenoxy) is 3. The topological polar surface area (TPSA) is 94.2 Å². The molecule has 1 amide bonds. The highest BCUT2D eigenvalue weighted by molar-refractivity contribution is 7.92. The fourth-order valence-corrected chi connectivity index (χ4v) is 5.39. The standard InChI is InChI=1S/C26H27FN2O6S/c1-17-8-6-11-20(27)25(17)26(30)29-15-22(34-3)23(16-29)35-19-10-7-9-18(14-19)28-36(31,32)24-13-5-4-12-21(24)33-2/h4-14,22-23,28H,15-16H2,1-3H3/t22-,23-/m1/s1. The highest BCUT2D eigenvalue weighted by atomic mass is 32.2. The average Bonchev–Trinajstić information content (AvgIpc) is 3.26. The monoisotopic (exact) mass is 514 g/mol. The SMILES string of the molecule is COc1ccccc1S(=O)(=O)Nc1cccc(O[C@@H]2CN(C(=O)c3c(C)cccc3F)C[C@H]2OC)c1. The molecular formula is C26H27FN2O6S. The molecule has 0 aliphatic carbocycles. The van der Waals surface area contributed by atoms with Crippen LogP contribution in [0.5, 0.6) is 11.5 Å². The summed E-state index contributed by atoms with van der Waals surface area (Å²) in [6, 6.07) is 17.3. The van der Waals surface area contributed by atoms with E-state index >= 15 is 0 Å². The first-order valence-electron chi connectivity index (χ1n) is 11.2. The molecule has 0 saturated carbocycles. The number of halogens is 1. The summed E-state index contributed by atoms with van der Waals surface area (Å²) in [4.78, 5) is 14.5. The van der Waals surface area contributed by atoms with Crippen LogP contribution in [0.2, 0.25) is 0 Å². The Bertz CT molecular complexity index is 1340. The van der Waals surface area contributed by atoms with Gasteiger partial charge in [-0.25, -0.2) is 12.8 Å². The molecule has 1 saturated heterocycles. The fraction of sp³-hybridized carbons (Fsp3) is 0.269. The number of rotatable bonds is 8. The van der Waals surface area contributed by atoms with Crippen molar-refractivity contribution >= 4 is 21.6 Å². The molecule has 2 atom stereocenters. The number of aryl methyl sites for hydroxylation is 1. The van der Waals surface area contributed by atoms with Crippen LogP contribution in [-0.2, 0) is 14.8 Å². The molecule has 10 heteroatoms. The van der Waals surface area contributed by atoms with Crippen LogP contribution in [0.3, 0.4) is 0 Å². The third-order valence-corrected chi connectivity index (χ3v) is 7.39. The predicted molar refractivity (Wildman–Crippen MR) is 132 cm³/mol. The number of benzene rings is 3. The van der Waals surface area contributed by atoms with Crippen LogP contribution < -0.4 is 14.2 Å². The lowest BCUT2D eigenvalue weighted by Gasteiger charge is -2.19. The second-order valence-electron chi connectivity index (χ2n) is 8.36. The van der Waals surface area contributed by atoms with E-state index in [1.165, 1.54) is 31.3 Å². The van der Waals surface area contributed by atoms with E-state index in [1.807, 2.05) is 0 Å². The predicted octanol–water partition coefficient (Wildman–Crippen LogP) is 3.86. The Morgan fingerprint density at radius 3 is 2.44 bits per heavy atom. The molecule has 3 aromatic carbocycles. The van der Waals surface area contributed by atoms with Crippen LogP contribution in [0.15, 0.2) is 71.6 Å². The minimum absolute atomic E-state index is 0.00616. The van der Waals surface area contributed by atoms with Gasteiger partial charge in [0.15, 0.2) is 0 Å². The first-order valence-corrected chi connectivity index (χ1v) is 12.7. The number of anilines is 1. The van der Waals surface area contributed by atoms with Gasteiger partial charge in [0.25, 0.3) is 15.9 Å². The summed E-state index contributed by atoms with van der Waals surface area (Å²) in [5, 5.41) is 0. The Morgan fingerprint density at radius 2 is 1.72 bits per heavy atom. The molecule has 190 valence electrons. The first kappa shape index (κ1) is 25.5. The minimum Gasteiger partial charge on any atom is -0.495 e. The van der Waals surface area contributed by atoms with E-state index in [1.54, 1.807) is 61.5 Å². The van der Waals surface area contributed by atoms with E-state index in [9.17, 15) is 17.6 Å². The van der Waals surface area contributed by atoms with E-state index in [2.05, 4.69) is 4.72 Å². The Kier molecular flexibility index (Phi) is 7.46. The maximum Gasteiger partial charge on any atom is 0.265 e. The number of nitrogens with zero attached hydrogens (tertiary/aromatic N) is 1. The largest absolute Gasteiger partial charge is 0.495 e. The third kappa shape index (κ3) is 5.29. The molecule has 36 heavy (non-hydrogen) atoms. The van der Waals surface area contributed by atoms with Gasteiger partial charge in [-0.3, -0.25) is 9.52 Å². The van der Waals surface area contributed by atoms with Crippen LogP contribution in [0.4, 0.5) is 10.1 Å². The molecule has 0 spiro atoms. The lowest BCUT2D eigenvalue weighted by atomic mass is 10.1. The Morgan fingerprint density at radius 1 is 1.00 bits per heavy atom. The van der Waals surface area contributed by atoms with Gasteiger partial charge < -0.3 is 19.1 Å². The van der Waals surface area contributed by atoms with E-state index in [0.29, 0.717) is 17.0 Å². The Balaban J connectivity index is 1.50. The molecule has 4 rings (SSSR count). The number of para-hydroxylation sites is 1. The van der Waals surface area contributed by atoms with E-state index in [4.69, 9.17) is 14.2 Å². The number of sulfonamides is 1. The van der Waals surface area contributed by atoms with Crippen LogP contribution in [0.1, 0.15) is 15.9 Å². The summed E-state index contributed by atoms with van der Waals surface area (Å²) in [5.74, 6) is -0.398. The van der Waals surface area contributed by atoms with Gasteiger partial charge in [0, 0.05) is 13.2 Å². The zero-order chi connectivity index (χ0) is 25.9. The second-order valence-corrected chi connectivity index (χ2v) is 10.0. The van der Waals surface area contributed by atoms with Gasteiger partial charge in [0.05, 0.1) is 31.5 Å². The molecule has 0 radical (unpaired) electrons. The molecule has 0 unspecified atom stereocenters.